The van der Waals surface area contributed by atoms with Crippen molar-refractivity contribution in [1.82, 2.24) is 0 Å². The van der Waals surface area contributed by atoms with Crippen molar-refractivity contribution in [2.45, 2.75) is 105 Å². The fourth-order valence-corrected chi connectivity index (χ4v) is 2.89. The molecule has 0 spiro atoms. The van der Waals surface area contributed by atoms with Gasteiger partial charge in [-0.05, 0) is 39.5 Å². The van der Waals surface area contributed by atoms with E-state index >= 15 is 0 Å². The van der Waals surface area contributed by atoms with Gasteiger partial charge in [-0.15, -0.1) is 0 Å². The molecular weight excluding hydrogens is 360 g/mol. The number of hydrogen-bond acceptors (Lipinski definition) is 6. The lowest BCUT2D eigenvalue weighted by atomic mass is 10.00. The molecule has 0 saturated carbocycles. The maximum atomic E-state index is 12.1. The lowest BCUT2D eigenvalue weighted by Gasteiger charge is -2.20. The van der Waals surface area contributed by atoms with Crippen LogP contribution in [0.5, 0.6) is 0 Å². The predicted molar refractivity (Wildman–Crippen MR) is 110 cm³/mol. The molecule has 0 N–H and O–H groups in total. The standard InChI is InChI=1S/C22H42O6/c1-7-11-13-19(9-3)21(23)27-17(5)25-15-16-26-18(6)28-22(24)20(10-4)14-12-8-2/h17-20H,7-16H2,1-6H3. The number of rotatable bonds is 17. The summed E-state index contributed by atoms with van der Waals surface area (Å²) in [5.74, 6) is -0.546. The van der Waals surface area contributed by atoms with Gasteiger partial charge in [-0.1, -0.05) is 53.4 Å². The van der Waals surface area contributed by atoms with Gasteiger partial charge in [-0.25, -0.2) is 0 Å². The molecule has 6 nitrogen and oxygen atoms in total. The van der Waals surface area contributed by atoms with Crippen molar-refractivity contribution in [2.75, 3.05) is 13.2 Å². The Labute approximate surface area is 171 Å². The Morgan fingerprint density at radius 2 is 1.04 bits per heavy atom. The first kappa shape index (κ1) is 26.9. The SMILES string of the molecule is CCCCC(CC)C(=O)OC(C)OCCOC(C)OC(=O)C(CC)CCCC. The first-order chi connectivity index (χ1) is 13.4. The third-order valence-corrected chi connectivity index (χ3v) is 4.82. The molecule has 28 heavy (non-hydrogen) atoms. The van der Waals surface area contributed by atoms with E-state index < -0.39 is 12.6 Å². The van der Waals surface area contributed by atoms with Crippen LogP contribution in [0, 0.1) is 11.8 Å². The van der Waals surface area contributed by atoms with E-state index in [2.05, 4.69) is 13.8 Å². The summed E-state index contributed by atoms with van der Waals surface area (Å²) >= 11 is 0. The van der Waals surface area contributed by atoms with Crippen LogP contribution in [-0.2, 0) is 28.5 Å². The van der Waals surface area contributed by atoms with Gasteiger partial charge in [0, 0.05) is 0 Å². The zero-order valence-electron chi connectivity index (χ0n) is 18.8. The van der Waals surface area contributed by atoms with E-state index in [1.807, 2.05) is 13.8 Å². The molecule has 0 saturated heterocycles. The Morgan fingerprint density at radius 1 is 0.679 bits per heavy atom. The summed E-state index contributed by atoms with van der Waals surface area (Å²) in [5, 5.41) is 0. The molecule has 0 aromatic carbocycles. The number of unbranched alkanes of at least 4 members (excludes halogenated alkanes) is 2. The predicted octanol–water partition coefficient (Wildman–Crippen LogP) is 5.23. The Kier molecular flexibility index (Phi) is 16.1. The third-order valence-electron chi connectivity index (χ3n) is 4.82. The highest BCUT2D eigenvalue weighted by Gasteiger charge is 2.21. The van der Waals surface area contributed by atoms with Crippen LogP contribution in [0.3, 0.4) is 0 Å². The van der Waals surface area contributed by atoms with Crippen molar-refractivity contribution in [3.63, 3.8) is 0 Å². The van der Waals surface area contributed by atoms with E-state index in [0.717, 1.165) is 51.4 Å². The second-order valence-electron chi connectivity index (χ2n) is 7.25. The van der Waals surface area contributed by atoms with Crippen molar-refractivity contribution in [2.24, 2.45) is 11.8 Å². The van der Waals surface area contributed by atoms with Crippen LogP contribution in [0.2, 0.25) is 0 Å². The summed E-state index contributed by atoms with van der Waals surface area (Å²) in [6, 6.07) is 0. The van der Waals surface area contributed by atoms with Crippen molar-refractivity contribution in [3.05, 3.63) is 0 Å². The minimum Gasteiger partial charge on any atom is -0.436 e. The van der Waals surface area contributed by atoms with Crippen molar-refractivity contribution < 1.29 is 28.5 Å². The summed E-state index contributed by atoms with van der Waals surface area (Å²) in [5.41, 5.74) is 0. The maximum Gasteiger partial charge on any atom is 0.311 e. The molecule has 0 rings (SSSR count). The second kappa shape index (κ2) is 16.8. The quantitative estimate of drug-likeness (QED) is 0.188. The number of esters is 2. The van der Waals surface area contributed by atoms with Crippen LogP contribution < -0.4 is 0 Å². The second-order valence-corrected chi connectivity index (χ2v) is 7.25. The summed E-state index contributed by atoms with van der Waals surface area (Å²) in [7, 11) is 0. The van der Waals surface area contributed by atoms with E-state index in [-0.39, 0.29) is 37.0 Å². The monoisotopic (exact) mass is 402 g/mol. The van der Waals surface area contributed by atoms with Crippen molar-refractivity contribution >= 4 is 11.9 Å². The number of ether oxygens (including phenoxy) is 4. The van der Waals surface area contributed by atoms with Gasteiger partial charge in [0.1, 0.15) is 0 Å². The zero-order chi connectivity index (χ0) is 21.4. The average Bonchev–Trinajstić information content (AvgIpc) is 2.66. The maximum absolute atomic E-state index is 12.1. The van der Waals surface area contributed by atoms with E-state index in [9.17, 15) is 9.59 Å². The molecule has 0 heterocycles. The summed E-state index contributed by atoms with van der Waals surface area (Å²) < 4.78 is 21.7. The van der Waals surface area contributed by atoms with Crippen molar-refractivity contribution in [3.8, 4) is 0 Å². The smallest absolute Gasteiger partial charge is 0.311 e. The van der Waals surface area contributed by atoms with Gasteiger partial charge in [0.2, 0.25) is 0 Å². The summed E-state index contributed by atoms with van der Waals surface area (Å²) in [4.78, 5) is 24.3. The Balaban J connectivity index is 4.03. The van der Waals surface area contributed by atoms with Gasteiger partial charge >= 0.3 is 11.9 Å². The van der Waals surface area contributed by atoms with Crippen LogP contribution in [0.4, 0.5) is 0 Å². The molecule has 4 atom stereocenters. The normalized spacial score (nSPS) is 15.5. The van der Waals surface area contributed by atoms with E-state index in [4.69, 9.17) is 18.9 Å². The molecule has 4 unspecified atom stereocenters. The van der Waals surface area contributed by atoms with Gasteiger partial charge in [0.25, 0.3) is 0 Å². The Bertz CT molecular complexity index is 374. The highest BCUT2D eigenvalue weighted by molar-refractivity contribution is 5.72. The van der Waals surface area contributed by atoms with E-state index in [1.54, 1.807) is 13.8 Å². The highest BCUT2D eigenvalue weighted by Crippen LogP contribution is 2.16. The minimum atomic E-state index is -0.622. The number of carbonyl (C=O) groups is 2. The van der Waals surface area contributed by atoms with Crippen LogP contribution in [0.1, 0.15) is 92.9 Å². The third kappa shape index (κ3) is 12.3. The molecule has 166 valence electrons. The van der Waals surface area contributed by atoms with Gasteiger partial charge in [-0.2, -0.15) is 0 Å². The average molecular weight is 403 g/mol. The summed E-state index contributed by atoms with van der Waals surface area (Å²) in [6.07, 6.45) is 6.16. The Hall–Kier alpha value is -1.14. The molecule has 0 aromatic rings. The number of carbonyl (C=O) groups excluding carboxylic acids is 2. The Morgan fingerprint density at radius 3 is 1.32 bits per heavy atom. The van der Waals surface area contributed by atoms with Gasteiger partial charge < -0.3 is 18.9 Å². The van der Waals surface area contributed by atoms with Crippen LogP contribution in [0.15, 0.2) is 0 Å². The van der Waals surface area contributed by atoms with E-state index in [1.165, 1.54) is 0 Å². The zero-order valence-corrected chi connectivity index (χ0v) is 18.8. The lowest BCUT2D eigenvalue weighted by Crippen LogP contribution is -2.27. The fraction of sp³-hybridized carbons (Fsp3) is 0.909. The molecule has 0 bridgehead atoms. The van der Waals surface area contributed by atoms with E-state index in [0.29, 0.717) is 0 Å². The van der Waals surface area contributed by atoms with Gasteiger partial charge in [0.15, 0.2) is 12.6 Å². The van der Waals surface area contributed by atoms with Crippen LogP contribution in [-0.4, -0.2) is 37.7 Å². The van der Waals surface area contributed by atoms with Gasteiger partial charge in [0.05, 0.1) is 25.0 Å². The largest absolute Gasteiger partial charge is 0.436 e. The first-order valence-corrected chi connectivity index (χ1v) is 11.0. The molecule has 0 aliphatic rings. The van der Waals surface area contributed by atoms with Crippen LogP contribution in [0.25, 0.3) is 0 Å². The lowest BCUT2D eigenvalue weighted by molar-refractivity contribution is -0.195. The highest BCUT2D eigenvalue weighted by atomic mass is 16.7. The minimum absolute atomic E-state index is 0.0686. The molecule has 0 aromatic heterocycles. The molecule has 0 radical (unpaired) electrons. The molecule has 0 fully saturated rings. The molecule has 0 aliphatic heterocycles. The van der Waals surface area contributed by atoms with Crippen molar-refractivity contribution in [1.29, 1.82) is 0 Å². The molecular formula is C22H42O6. The van der Waals surface area contributed by atoms with Gasteiger partial charge in [-0.3, -0.25) is 9.59 Å². The molecule has 0 aliphatic carbocycles. The van der Waals surface area contributed by atoms with Crippen LogP contribution >= 0.6 is 0 Å². The fourth-order valence-electron chi connectivity index (χ4n) is 2.89. The molecule has 6 heteroatoms. The molecule has 0 amide bonds. The topological polar surface area (TPSA) is 71.1 Å². The summed E-state index contributed by atoms with van der Waals surface area (Å²) in [6.45, 7) is 12.1. The first-order valence-electron chi connectivity index (χ1n) is 11.0. The number of hydrogen-bond donors (Lipinski definition) is 0.